The normalized spacial score (nSPS) is 12.5. The van der Waals surface area contributed by atoms with Crippen LogP contribution in [-0.2, 0) is 4.79 Å². The summed E-state index contributed by atoms with van der Waals surface area (Å²) in [6, 6.07) is -0.491. The maximum absolute atomic E-state index is 10.3. The van der Waals surface area contributed by atoms with E-state index in [0.717, 1.165) is 0 Å². The van der Waals surface area contributed by atoms with Crippen molar-refractivity contribution in [2.24, 2.45) is 5.92 Å². The number of carboxylic acids is 1. The number of hydrogen-bond acceptors (Lipinski definition) is 2. The van der Waals surface area contributed by atoms with Crippen molar-refractivity contribution in [1.82, 2.24) is 5.32 Å². The molecular weight excluding hydrogens is 174 g/mol. The molecule has 0 aromatic rings. The van der Waals surface area contributed by atoms with Gasteiger partial charge in [0.25, 0.3) is 0 Å². The van der Waals surface area contributed by atoms with Gasteiger partial charge in [-0.05, 0) is 12.3 Å². The van der Waals surface area contributed by atoms with Gasteiger partial charge < -0.3 is 15.5 Å². The highest BCUT2D eigenvalue weighted by Gasteiger charge is 2.16. The fourth-order valence-corrected chi connectivity index (χ4v) is 1.15. The minimum Gasteiger partial charge on any atom is -0.481 e. The molecule has 0 aromatic carbocycles. The first-order valence-corrected chi connectivity index (χ1v) is 4.13. The molecule has 5 nitrogen and oxygen atoms in total. The van der Waals surface area contributed by atoms with Gasteiger partial charge in [0.15, 0.2) is 0 Å². The molecule has 0 bridgehead atoms. The standard InChI is InChI=1S/C8H15NO4/c1-5(2)3-6(4-7(10)11)9-8(12)13/h5-6,9H,3-4H2,1-2H3,(H,10,11)(H,12,13). The molecule has 0 saturated heterocycles. The van der Waals surface area contributed by atoms with Crippen molar-refractivity contribution in [2.45, 2.75) is 32.7 Å². The Labute approximate surface area is 76.8 Å². The molecule has 0 rings (SSSR count). The first-order valence-electron chi connectivity index (χ1n) is 4.13. The summed E-state index contributed by atoms with van der Waals surface area (Å²) in [6.45, 7) is 3.83. The summed E-state index contributed by atoms with van der Waals surface area (Å²) in [6.07, 6.45) is -0.796. The predicted molar refractivity (Wildman–Crippen MR) is 46.7 cm³/mol. The Kier molecular flexibility index (Phi) is 4.87. The highest BCUT2D eigenvalue weighted by atomic mass is 16.4. The van der Waals surface area contributed by atoms with Crippen molar-refractivity contribution < 1.29 is 19.8 Å². The first-order chi connectivity index (χ1) is 5.91. The van der Waals surface area contributed by atoms with Crippen molar-refractivity contribution in [2.75, 3.05) is 0 Å². The van der Waals surface area contributed by atoms with Crippen LogP contribution < -0.4 is 5.32 Å². The fourth-order valence-electron chi connectivity index (χ4n) is 1.15. The van der Waals surface area contributed by atoms with Crippen LogP contribution in [0.25, 0.3) is 0 Å². The molecule has 0 spiro atoms. The highest BCUT2D eigenvalue weighted by Crippen LogP contribution is 2.07. The number of hydrogen-bond donors (Lipinski definition) is 3. The zero-order valence-electron chi connectivity index (χ0n) is 7.78. The Morgan fingerprint density at radius 2 is 1.85 bits per heavy atom. The van der Waals surface area contributed by atoms with E-state index in [1.54, 1.807) is 0 Å². The zero-order valence-corrected chi connectivity index (χ0v) is 7.78. The van der Waals surface area contributed by atoms with Crippen LogP contribution >= 0.6 is 0 Å². The molecule has 1 amide bonds. The number of carboxylic acid groups (broad SMARTS) is 2. The van der Waals surface area contributed by atoms with E-state index in [2.05, 4.69) is 5.32 Å². The molecule has 13 heavy (non-hydrogen) atoms. The lowest BCUT2D eigenvalue weighted by molar-refractivity contribution is -0.137. The third-order valence-corrected chi connectivity index (χ3v) is 1.50. The van der Waals surface area contributed by atoms with Gasteiger partial charge in [-0.3, -0.25) is 4.79 Å². The minimum absolute atomic E-state index is 0.162. The van der Waals surface area contributed by atoms with Crippen molar-refractivity contribution in [3.05, 3.63) is 0 Å². The summed E-state index contributed by atoms with van der Waals surface area (Å²) < 4.78 is 0. The lowest BCUT2D eigenvalue weighted by Crippen LogP contribution is -2.36. The summed E-state index contributed by atoms with van der Waals surface area (Å²) in [7, 11) is 0. The third-order valence-electron chi connectivity index (χ3n) is 1.50. The quantitative estimate of drug-likeness (QED) is 0.605. The number of rotatable bonds is 5. The summed E-state index contributed by atoms with van der Waals surface area (Å²) in [5.74, 6) is -0.712. The van der Waals surface area contributed by atoms with E-state index in [-0.39, 0.29) is 12.3 Å². The second-order valence-electron chi connectivity index (χ2n) is 3.37. The second-order valence-corrected chi connectivity index (χ2v) is 3.37. The molecule has 1 atom stereocenters. The monoisotopic (exact) mass is 189 g/mol. The highest BCUT2D eigenvalue weighted by molar-refractivity contribution is 5.70. The lowest BCUT2D eigenvalue weighted by Gasteiger charge is -2.16. The van der Waals surface area contributed by atoms with Crippen molar-refractivity contribution in [3.8, 4) is 0 Å². The maximum atomic E-state index is 10.3. The van der Waals surface area contributed by atoms with Crippen molar-refractivity contribution in [1.29, 1.82) is 0 Å². The average molecular weight is 189 g/mol. The minimum atomic E-state index is -1.17. The average Bonchev–Trinajstić information content (AvgIpc) is 1.80. The number of aliphatic carboxylic acids is 1. The number of nitrogens with one attached hydrogen (secondary N) is 1. The smallest absolute Gasteiger partial charge is 0.404 e. The Morgan fingerprint density at radius 1 is 1.31 bits per heavy atom. The topological polar surface area (TPSA) is 86.6 Å². The molecule has 0 heterocycles. The van der Waals surface area contributed by atoms with Crippen LogP contribution in [-0.4, -0.2) is 28.3 Å². The Hall–Kier alpha value is -1.26. The van der Waals surface area contributed by atoms with E-state index in [0.29, 0.717) is 6.42 Å². The van der Waals surface area contributed by atoms with Gasteiger partial charge in [0.05, 0.1) is 6.42 Å². The second kappa shape index (κ2) is 5.40. The molecule has 0 radical (unpaired) electrons. The van der Waals surface area contributed by atoms with E-state index in [1.807, 2.05) is 13.8 Å². The van der Waals surface area contributed by atoms with Gasteiger partial charge in [0.1, 0.15) is 0 Å². The van der Waals surface area contributed by atoms with Crippen LogP contribution in [0.15, 0.2) is 0 Å². The molecule has 0 aromatic heterocycles. The Morgan fingerprint density at radius 3 is 2.15 bits per heavy atom. The number of amides is 1. The zero-order chi connectivity index (χ0) is 10.4. The van der Waals surface area contributed by atoms with Gasteiger partial charge >= 0.3 is 12.1 Å². The molecule has 76 valence electrons. The summed E-state index contributed by atoms with van der Waals surface area (Å²) in [5.41, 5.74) is 0. The van der Waals surface area contributed by atoms with E-state index < -0.39 is 18.1 Å². The Balaban J connectivity index is 4.02. The van der Waals surface area contributed by atoms with E-state index >= 15 is 0 Å². The van der Waals surface area contributed by atoms with Gasteiger partial charge in [0.2, 0.25) is 0 Å². The van der Waals surface area contributed by atoms with Crippen LogP contribution in [0.2, 0.25) is 0 Å². The molecule has 0 fully saturated rings. The van der Waals surface area contributed by atoms with E-state index in [1.165, 1.54) is 0 Å². The van der Waals surface area contributed by atoms with Crippen LogP contribution in [0.5, 0.6) is 0 Å². The fraction of sp³-hybridized carbons (Fsp3) is 0.750. The van der Waals surface area contributed by atoms with Gasteiger partial charge in [-0.1, -0.05) is 13.8 Å². The lowest BCUT2D eigenvalue weighted by atomic mass is 10.0. The van der Waals surface area contributed by atoms with Crippen LogP contribution in [0, 0.1) is 5.92 Å². The summed E-state index contributed by atoms with van der Waals surface area (Å²) in [4.78, 5) is 20.6. The summed E-state index contributed by atoms with van der Waals surface area (Å²) in [5, 5.41) is 19.1. The van der Waals surface area contributed by atoms with Gasteiger partial charge in [-0.2, -0.15) is 0 Å². The van der Waals surface area contributed by atoms with Gasteiger partial charge in [0, 0.05) is 6.04 Å². The molecule has 0 aliphatic rings. The predicted octanol–water partition coefficient (Wildman–Crippen LogP) is 1.14. The molecule has 0 aliphatic heterocycles. The number of carbonyl (C=O) groups is 2. The van der Waals surface area contributed by atoms with E-state index in [9.17, 15) is 9.59 Å². The van der Waals surface area contributed by atoms with E-state index in [4.69, 9.17) is 10.2 Å². The summed E-state index contributed by atoms with van der Waals surface area (Å²) >= 11 is 0. The van der Waals surface area contributed by atoms with Gasteiger partial charge in [-0.15, -0.1) is 0 Å². The Bertz CT molecular complexity index is 175. The van der Waals surface area contributed by atoms with Crippen LogP contribution in [0.1, 0.15) is 26.7 Å². The SMILES string of the molecule is CC(C)CC(CC(=O)O)NC(=O)O. The third kappa shape index (κ3) is 7.11. The van der Waals surface area contributed by atoms with Gasteiger partial charge in [-0.25, -0.2) is 4.79 Å². The maximum Gasteiger partial charge on any atom is 0.404 e. The molecular formula is C8H15NO4. The van der Waals surface area contributed by atoms with Crippen LogP contribution in [0.3, 0.4) is 0 Å². The molecule has 0 aliphatic carbocycles. The van der Waals surface area contributed by atoms with Crippen molar-refractivity contribution >= 4 is 12.1 Å². The molecule has 0 saturated carbocycles. The molecule has 1 unspecified atom stereocenters. The molecule has 3 N–H and O–H groups in total. The molecule has 5 heteroatoms. The van der Waals surface area contributed by atoms with Crippen LogP contribution in [0.4, 0.5) is 4.79 Å². The first kappa shape index (κ1) is 11.7. The largest absolute Gasteiger partial charge is 0.481 e. The van der Waals surface area contributed by atoms with Crippen molar-refractivity contribution in [3.63, 3.8) is 0 Å².